The van der Waals surface area contributed by atoms with Crippen LogP contribution in [-0.4, -0.2) is 34.1 Å². The number of rotatable bonds is 2. The monoisotopic (exact) mass is 341 g/mol. The Morgan fingerprint density at radius 2 is 2.12 bits per heavy atom. The first-order valence-corrected chi connectivity index (χ1v) is 8.44. The Bertz CT molecular complexity index is 938. The summed E-state index contributed by atoms with van der Waals surface area (Å²) in [6.45, 7) is 1.32. The highest BCUT2D eigenvalue weighted by atomic mass is 35.5. The Kier molecular flexibility index (Phi) is 3.06. The molecule has 5 rings (SSSR count). The van der Waals surface area contributed by atoms with Crippen LogP contribution in [0.1, 0.15) is 11.1 Å². The van der Waals surface area contributed by atoms with Crippen molar-refractivity contribution < 1.29 is 4.74 Å². The van der Waals surface area contributed by atoms with Gasteiger partial charge in [0.1, 0.15) is 6.61 Å². The quantitative estimate of drug-likeness (QED) is 0.625. The largest absolute Gasteiger partial charge is 0.485 e. The predicted octanol–water partition coefficient (Wildman–Crippen LogP) is 2.99. The Morgan fingerprint density at radius 1 is 1.21 bits per heavy atom. The molecule has 0 saturated carbocycles. The number of halogens is 1. The number of H-pyrrole nitrogens is 1. The second-order valence-electron chi connectivity index (χ2n) is 6.20. The zero-order chi connectivity index (χ0) is 16.1. The summed E-state index contributed by atoms with van der Waals surface area (Å²) >= 11 is 6.07. The SMILES string of the molecule is Clc1nc2c(c(NC3Cc4cccc5[nH]cc(c45)C3)n1)OCCN2. The third kappa shape index (κ3) is 2.17. The lowest BCUT2D eigenvalue weighted by atomic mass is 9.89. The zero-order valence-corrected chi connectivity index (χ0v) is 13.7. The summed E-state index contributed by atoms with van der Waals surface area (Å²) in [5.41, 5.74) is 3.88. The number of aromatic amines is 1. The van der Waals surface area contributed by atoms with Gasteiger partial charge in [-0.05, 0) is 41.6 Å². The van der Waals surface area contributed by atoms with E-state index < -0.39 is 0 Å². The van der Waals surface area contributed by atoms with Gasteiger partial charge in [-0.1, -0.05) is 12.1 Å². The molecule has 0 radical (unpaired) electrons. The molecule has 2 aliphatic rings. The molecule has 1 unspecified atom stereocenters. The van der Waals surface area contributed by atoms with Crippen LogP contribution in [0.3, 0.4) is 0 Å². The van der Waals surface area contributed by atoms with E-state index in [4.69, 9.17) is 16.3 Å². The second kappa shape index (κ2) is 5.27. The van der Waals surface area contributed by atoms with Crippen molar-refractivity contribution >= 4 is 34.1 Å². The third-order valence-electron chi connectivity index (χ3n) is 4.63. The molecule has 3 heterocycles. The number of anilines is 2. The molecule has 3 N–H and O–H groups in total. The Labute approximate surface area is 143 Å². The summed E-state index contributed by atoms with van der Waals surface area (Å²) < 4.78 is 5.75. The molecular weight excluding hydrogens is 326 g/mol. The van der Waals surface area contributed by atoms with E-state index in [2.05, 4.69) is 50.0 Å². The van der Waals surface area contributed by atoms with Gasteiger partial charge in [-0.25, -0.2) is 0 Å². The smallest absolute Gasteiger partial charge is 0.226 e. The van der Waals surface area contributed by atoms with Crippen molar-refractivity contribution in [2.24, 2.45) is 0 Å². The van der Waals surface area contributed by atoms with Crippen LogP contribution in [0.5, 0.6) is 5.75 Å². The van der Waals surface area contributed by atoms with Gasteiger partial charge in [0.25, 0.3) is 0 Å². The number of ether oxygens (including phenoxy) is 1. The summed E-state index contributed by atoms with van der Waals surface area (Å²) in [5.74, 6) is 1.97. The molecule has 6 nitrogen and oxygen atoms in total. The van der Waals surface area contributed by atoms with Crippen LogP contribution in [0.2, 0.25) is 5.28 Å². The lowest BCUT2D eigenvalue weighted by Gasteiger charge is -2.27. The van der Waals surface area contributed by atoms with E-state index in [1.54, 1.807) is 0 Å². The summed E-state index contributed by atoms with van der Waals surface area (Å²) in [5, 5.41) is 8.29. The molecule has 122 valence electrons. The van der Waals surface area contributed by atoms with Gasteiger partial charge in [0.15, 0.2) is 11.6 Å². The van der Waals surface area contributed by atoms with Gasteiger partial charge < -0.3 is 20.4 Å². The van der Waals surface area contributed by atoms with Crippen molar-refractivity contribution in [2.45, 2.75) is 18.9 Å². The number of nitrogens with zero attached hydrogens (tertiary/aromatic N) is 2. The van der Waals surface area contributed by atoms with Gasteiger partial charge in [-0.2, -0.15) is 9.97 Å². The maximum absolute atomic E-state index is 6.07. The summed E-state index contributed by atoms with van der Waals surface area (Å²) in [4.78, 5) is 11.9. The first-order chi connectivity index (χ1) is 11.8. The van der Waals surface area contributed by atoms with Crippen molar-refractivity contribution in [3.8, 4) is 5.75 Å². The third-order valence-corrected chi connectivity index (χ3v) is 4.80. The first kappa shape index (κ1) is 13.9. The van der Waals surface area contributed by atoms with Crippen LogP contribution in [-0.2, 0) is 12.8 Å². The van der Waals surface area contributed by atoms with Gasteiger partial charge in [0.05, 0.1) is 6.54 Å². The molecule has 1 aliphatic heterocycles. The van der Waals surface area contributed by atoms with Crippen LogP contribution in [0, 0.1) is 0 Å². The highest BCUT2D eigenvalue weighted by Gasteiger charge is 2.25. The van der Waals surface area contributed by atoms with Crippen LogP contribution >= 0.6 is 11.6 Å². The number of fused-ring (bicyclic) bond motifs is 1. The number of hydrogen-bond acceptors (Lipinski definition) is 5. The van der Waals surface area contributed by atoms with Gasteiger partial charge in [0, 0.05) is 23.1 Å². The highest BCUT2D eigenvalue weighted by Crippen LogP contribution is 2.36. The fraction of sp³-hybridized carbons (Fsp3) is 0.294. The van der Waals surface area contributed by atoms with E-state index in [9.17, 15) is 0 Å². The number of aromatic nitrogens is 3. The van der Waals surface area contributed by atoms with Gasteiger partial charge in [0.2, 0.25) is 11.0 Å². The Morgan fingerprint density at radius 3 is 3.08 bits per heavy atom. The molecule has 24 heavy (non-hydrogen) atoms. The Balaban J connectivity index is 1.48. The molecule has 0 bridgehead atoms. The van der Waals surface area contributed by atoms with Crippen molar-refractivity contribution in [1.82, 2.24) is 15.0 Å². The molecule has 1 aromatic carbocycles. The van der Waals surface area contributed by atoms with Crippen molar-refractivity contribution in [1.29, 1.82) is 0 Å². The molecule has 1 atom stereocenters. The fourth-order valence-corrected chi connectivity index (χ4v) is 3.84. The zero-order valence-electron chi connectivity index (χ0n) is 12.9. The molecule has 0 saturated heterocycles. The standard InChI is InChI=1S/C17H16ClN5O/c18-17-22-15-14(24-5-4-19-15)16(23-17)21-11-6-9-2-1-3-12-13(9)10(7-11)8-20-12/h1-3,8,11,20H,4-7H2,(H2,19,21,22,23). The van der Waals surface area contributed by atoms with Crippen LogP contribution in [0.25, 0.3) is 10.9 Å². The average Bonchev–Trinajstić information content (AvgIpc) is 2.99. The maximum Gasteiger partial charge on any atom is 0.226 e. The topological polar surface area (TPSA) is 74.9 Å². The van der Waals surface area contributed by atoms with E-state index in [1.807, 2.05) is 0 Å². The summed E-state index contributed by atoms with van der Waals surface area (Å²) in [7, 11) is 0. The van der Waals surface area contributed by atoms with E-state index in [0.29, 0.717) is 24.0 Å². The second-order valence-corrected chi connectivity index (χ2v) is 6.54. The number of hydrogen-bond donors (Lipinski definition) is 3. The van der Waals surface area contributed by atoms with Crippen LogP contribution in [0.4, 0.5) is 11.6 Å². The lowest BCUT2D eigenvalue weighted by molar-refractivity contribution is 0.321. The molecular formula is C17H16ClN5O. The minimum Gasteiger partial charge on any atom is -0.485 e. The van der Waals surface area contributed by atoms with Gasteiger partial charge in [-0.3, -0.25) is 0 Å². The van der Waals surface area contributed by atoms with Crippen LogP contribution in [0.15, 0.2) is 24.4 Å². The van der Waals surface area contributed by atoms with E-state index >= 15 is 0 Å². The molecule has 0 amide bonds. The first-order valence-electron chi connectivity index (χ1n) is 8.06. The molecule has 0 fully saturated rings. The summed E-state index contributed by atoms with van der Waals surface area (Å²) in [6, 6.07) is 6.64. The lowest BCUT2D eigenvalue weighted by Crippen LogP contribution is -2.29. The molecule has 7 heteroatoms. The number of benzene rings is 1. The van der Waals surface area contributed by atoms with Crippen LogP contribution < -0.4 is 15.4 Å². The van der Waals surface area contributed by atoms with E-state index in [-0.39, 0.29) is 11.3 Å². The maximum atomic E-state index is 6.07. The molecule has 3 aromatic rings. The van der Waals surface area contributed by atoms with Crippen molar-refractivity contribution in [3.63, 3.8) is 0 Å². The predicted molar refractivity (Wildman–Crippen MR) is 94.1 cm³/mol. The van der Waals surface area contributed by atoms with E-state index in [1.165, 1.54) is 22.0 Å². The number of nitrogens with one attached hydrogen (secondary N) is 3. The normalized spacial score (nSPS) is 18.6. The minimum atomic E-state index is 0.217. The molecule has 2 aromatic heterocycles. The van der Waals surface area contributed by atoms with Crippen molar-refractivity contribution in [3.05, 3.63) is 40.8 Å². The van der Waals surface area contributed by atoms with Gasteiger partial charge in [-0.15, -0.1) is 0 Å². The Hall–Kier alpha value is -2.47. The summed E-state index contributed by atoms with van der Waals surface area (Å²) in [6.07, 6.45) is 3.97. The van der Waals surface area contributed by atoms with E-state index in [0.717, 1.165) is 19.4 Å². The molecule has 1 aliphatic carbocycles. The van der Waals surface area contributed by atoms with Gasteiger partial charge >= 0.3 is 0 Å². The average molecular weight is 342 g/mol. The molecule has 0 spiro atoms. The van der Waals surface area contributed by atoms with Crippen molar-refractivity contribution in [2.75, 3.05) is 23.8 Å². The fourth-order valence-electron chi connectivity index (χ4n) is 3.67. The minimum absolute atomic E-state index is 0.217. The highest BCUT2D eigenvalue weighted by molar-refractivity contribution is 6.28.